The molecular weight excluding hydrogens is 335 g/mol. The van der Waals surface area contributed by atoms with Gasteiger partial charge in [-0.15, -0.1) is 0 Å². The topological polar surface area (TPSA) is 57.2 Å². The van der Waals surface area contributed by atoms with Crippen LogP contribution in [0.4, 0.5) is 0 Å². The smallest absolute Gasteiger partial charge is 0.744 e. The normalized spacial score (nSPS) is 11.4. The van der Waals surface area contributed by atoms with Gasteiger partial charge in [0.05, 0.1) is 4.90 Å². The van der Waals surface area contributed by atoms with Crippen LogP contribution in [0.1, 0.15) is 51.0 Å². The molecule has 0 aliphatic heterocycles. The first-order valence-electron chi connectivity index (χ1n) is 8.00. The number of benzene rings is 2. The van der Waals surface area contributed by atoms with Gasteiger partial charge in [0.1, 0.15) is 10.1 Å². The second-order valence-electron chi connectivity index (χ2n) is 5.78. The second kappa shape index (κ2) is 10.3. The van der Waals surface area contributed by atoms with Crippen molar-refractivity contribution in [2.24, 2.45) is 0 Å². The van der Waals surface area contributed by atoms with E-state index in [2.05, 4.69) is 6.92 Å². The van der Waals surface area contributed by atoms with Gasteiger partial charge < -0.3 is 4.55 Å². The Bertz CT molecular complexity index is 726. The number of fused-ring (bicyclic) bond motifs is 1. The Morgan fingerprint density at radius 1 is 0.957 bits per heavy atom. The SMILES string of the molecule is CCCCCCCCc1ccc2cccc(S(=O)(=O)[O-])c2c1.[K+]. The summed E-state index contributed by atoms with van der Waals surface area (Å²) in [6, 6.07) is 10.6. The van der Waals surface area contributed by atoms with Gasteiger partial charge in [-0.05, 0) is 41.3 Å². The van der Waals surface area contributed by atoms with E-state index in [1.165, 1.54) is 38.2 Å². The number of aryl methyl sites for hydroxylation is 1. The van der Waals surface area contributed by atoms with Gasteiger partial charge in [0, 0.05) is 0 Å². The van der Waals surface area contributed by atoms with Crippen molar-refractivity contribution in [3.63, 3.8) is 0 Å². The minimum atomic E-state index is -4.43. The third-order valence-corrected chi connectivity index (χ3v) is 4.89. The van der Waals surface area contributed by atoms with Crippen LogP contribution in [0.3, 0.4) is 0 Å². The quantitative estimate of drug-likeness (QED) is 0.410. The summed E-state index contributed by atoms with van der Waals surface area (Å²) < 4.78 is 34.1. The van der Waals surface area contributed by atoms with Crippen LogP contribution in [0.2, 0.25) is 0 Å². The van der Waals surface area contributed by atoms with Crippen molar-refractivity contribution in [1.82, 2.24) is 0 Å². The van der Waals surface area contributed by atoms with Gasteiger partial charge in [0.2, 0.25) is 0 Å². The molecule has 0 unspecified atom stereocenters. The molecule has 3 nitrogen and oxygen atoms in total. The fourth-order valence-corrected chi connectivity index (χ4v) is 3.47. The zero-order chi connectivity index (χ0) is 16.0. The zero-order valence-electron chi connectivity index (χ0n) is 14.0. The van der Waals surface area contributed by atoms with Crippen molar-refractivity contribution < 1.29 is 64.4 Å². The van der Waals surface area contributed by atoms with Crippen LogP contribution in [0.5, 0.6) is 0 Å². The van der Waals surface area contributed by atoms with E-state index in [-0.39, 0.29) is 56.3 Å². The third-order valence-electron chi connectivity index (χ3n) is 3.99. The summed E-state index contributed by atoms with van der Waals surface area (Å²) in [4.78, 5) is -0.116. The van der Waals surface area contributed by atoms with Gasteiger partial charge in [-0.1, -0.05) is 63.3 Å². The second-order valence-corrected chi connectivity index (χ2v) is 7.13. The van der Waals surface area contributed by atoms with E-state index in [0.29, 0.717) is 5.39 Å². The van der Waals surface area contributed by atoms with Crippen molar-refractivity contribution in [3.05, 3.63) is 42.0 Å². The average molecular weight is 359 g/mol. The molecule has 0 aliphatic carbocycles. The average Bonchev–Trinajstić information content (AvgIpc) is 2.49. The summed E-state index contributed by atoms with van der Waals surface area (Å²) in [5.41, 5.74) is 1.10. The van der Waals surface area contributed by atoms with E-state index in [1.807, 2.05) is 24.3 Å². The molecule has 120 valence electrons. The number of hydrogen-bond acceptors (Lipinski definition) is 3. The molecule has 0 fully saturated rings. The molecule has 0 aliphatic rings. The maximum atomic E-state index is 11.4. The number of rotatable bonds is 8. The maximum absolute atomic E-state index is 11.4. The van der Waals surface area contributed by atoms with Crippen molar-refractivity contribution in [2.75, 3.05) is 0 Å². The molecule has 0 bridgehead atoms. The maximum Gasteiger partial charge on any atom is 1.00 e. The van der Waals surface area contributed by atoms with Crippen molar-refractivity contribution in [3.8, 4) is 0 Å². The Morgan fingerprint density at radius 2 is 1.65 bits per heavy atom. The Balaban J connectivity index is 0.00000264. The first-order chi connectivity index (χ1) is 10.5. The minimum absolute atomic E-state index is 0. The van der Waals surface area contributed by atoms with Crippen molar-refractivity contribution in [2.45, 2.75) is 56.8 Å². The standard InChI is InChI=1S/C18H24O3S.K/c1-2-3-4-5-6-7-9-15-12-13-16-10-8-11-18(17(16)14-15)22(19,20)21;/h8,10-14H,2-7,9H2,1H3,(H,19,20,21);/q;+1/p-1. The van der Waals surface area contributed by atoms with Crippen LogP contribution in [-0.2, 0) is 16.5 Å². The summed E-state index contributed by atoms with van der Waals surface area (Å²) in [6.07, 6.45) is 8.29. The molecule has 0 N–H and O–H groups in total. The van der Waals surface area contributed by atoms with Crippen molar-refractivity contribution >= 4 is 20.9 Å². The third kappa shape index (κ3) is 6.57. The predicted octanol–water partition coefficient (Wildman–Crippen LogP) is 1.65. The molecule has 0 saturated carbocycles. The minimum Gasteiger partial charge on any atom is -0.744 e. The van der Waals surface area contributed by atoms with Gasteiger partial charge in [0.25, 0.3) is 0 Å². The predicted molar refractivity (Wildman–Crippen MR) is 89.0 cm³/mol. The summed E-state index contributed by atoms with van der Waals surface area (Å²) in [5, 5.41) is 1.34. The Morgan fingerprint density at radius 3 is 2.35 bits per heavy atom. The van der Waals surface area contributed by atoms with Crippen LogP contribution >= 0.6 is 0 Å². The summed E-state index contributed by atoms with van der Waals surface area (Å²) in [6.45, 7) is 2.21. The van der Waals surface area contributed by atoms with Gasteiger partial charge >= 0.3 is 51.4 Å². The Hall–Kier alpha value is 0.246. The Kier molecular flexibility index (Phi) is 9.52. The number of unbranched alkanes of at least 4 members (excludes halogenated alkanes) is 5. The van der Waals surface area contributed by atoms with E-state index in [9.17, 15) is 13.0 Å². The van der Waals surface area contributed by atoms with Gasteiger partial charge in [-0.25, -0.2) is 8.42 Å². The molecule has 0 saturated heterocycles. The van der Waals surface area contributed by atoms with E-state index in [0.717, 1.165) is 23.8 Å². The first kappa shape index (κ1) is 21.3. The molecule has 0 amide bonds. The number of hydrogen-bond donors (Lipinski definition) is 0. The van der Waals surface area contributed by atoms with Crippen LogP contribution in [0.25, 0.3) is 10.8 Å². The van der Waals surface area contributed by atoms with Crippen LogP contribution in [0, 0.1) is 0 Å². The Labute approximate surface area is 182 Å². The molecule has 0 heterocycles. The summed E-state index contributed by atoms with van der Waals surface area (Å²) in [7, 11) is -4.43. The molecule has 5 heteroatoms. The summed E-state index contributed by atoms with van der Waals surface area (Å²) >= 11 is 0. The molecule has 0 aromatic heterocycles. The molecule has 2 rings (SSSR count). The van der Waals surface area contributed by atoms with E-state index < -0.39 is 10.1 Å². The monoisotopic (exact) mass is 358 g/mol. The molecule has 0 atom stereocenters. The summed E-state index contributed by atoms with van der Waals surface area (Å²) in [5.74, 6) is 0. The van der Waals surface area contributed by atoms with Gasteiger partial charge in [0.15, 0.2) is 0 Å². The largest absolute Gasteiger partial charge is 1.00 e. The molecule has 2 aromatic rings. The van der Waals surface area contributed by atoms with E-state index in [1.54, 1.807) is 6.07 Å². The van der Waals surface area contributed by atoms with Crippen LogP contribution in [-0.4, -0.2) is 13.0 Å². The van der Waals surface area contributed by atoms with Crippen LogP contribution in [0.15, 0.2) is 41.3 Å². The van der Waals surface area contributed by atoms with E-state index in [4.69, 9.17) is 0 Å². The van der Waals surface area contributed by atoms with Gasteiger partial charge in [-0.2, -0.15) is 0 Å². The molecule has 0 spiro atoms. The van der Waals surface area contributed by atoms with Gasteiger partial charge in [-0.3, -0.25) is 0 Å². The molecule has 2 aromatic carbocycles. The fourth-order valence-electron chi connectivity index (χ4n) is 2.77. The first-order valence-corrected chi connectivity index (χ1v) is 9.41. The van der Waals surface area contributed by atoms with E-state index >= 15 is 0 Å². The van der Waals surface area contributed by atoms with Crippen molar-refractivity contribution in [1.29, 1.82) is 0 Å². The zero-order valence-corrected chi connectivity index (χ0v) is 18.0. The molecule has 0 radical (unpaired) electrons. The van der Waals surface area contributed by atoms with Crippen LogP contribution < -0.4 is 51.4 Å². The molecule has 23 heavy (non-hydrogen) atoms. The molecular formula is C18H23KO3S. The fraction of sp³-hybridized carbons (Fsp3) is 0.444.